The summed E-state index contributed by atoms with van der Waals surface area (Å²) >= 11 is 6.37. The van der Waals surface area contributed by atoms with Gasteiger partial charge in [-0.3, -0.25) is 0 Å². The highest BCUT2D eigenvalue weighted by molar-refractivity contribution is 6.31. The first kappa shape index (κ1) is 14.7. The van der Waals surface area contributed by atoms with Gasteiger partial charge < -0.3 is 10.6 Å². The average Bonchev–Trinajstić information content (AvgIpc) is 2.36. The molecule has 2 nitrogen and oxygen atoms in total. The molecule has 2 N–H and O–H groups in total. The Labute approximate surface area is 121 Å². The average molecular weight is 281 g/mol. The topological polar surface area (TPSA) is 29.3 Å². The van der Waals surface area contributed by atoms with Crippen LogP contribution in [0.5, 0.6) is 0 Å². The second-order valence-electron chi connectivity index (χ2n) is 6.03. The largest absolute Gasteiger partial charge is 0.368 e. The van der Waals surface area contributed by atoms with Crippen molar-refractivity contribution in [3.8, 4) is 0 Å². The molecule has 1 aliphatic rings. The van der Waals surface area contributed by atoms with Gasteiger partial charge in [-0.2, -0.15) is 0 Å². The van der Waals surface area contributed by atoms with Gasteiger partial charge in [-0.1, -0.05) is 31.5 Å². The molecule has 1 aromatic rings. The fraction of sp³-hybridized carbons (Fsp3) is 0.625. The zero-order valence-corrected chi connectivity index (χ0v) is 13.0. The SMILES string of the molecule is CC1CC(C)C(C)N(c2ccc(CCN)c(Cl)c2)C1. The summed E-state index contributed by atoms with van der Waals surface area (Å²) in [6, 6.07) is 7.00. The van der Waals surface area contributed by atoms with Gasteiger partial charge in [0.05, 0.1) is 0 Å². The molecule has 0 bridgehead atoms. The molecule has 0 spiro atoms. The van der Waals surface area contributed by atoms with Gasteiger partial charge in [0.25, 0.3) is 0 Å². The zero-order chi connectivity index (χ0) is 14.0. The van der Waals surface area contributed by atoms with Crippen molar-refractivity contribution in [2.45, 2.75) is 39.7 Å². The number of hydrogen-bond donors (Lipinski definition) is 1. The Bertz CT molecular complexity index is 433. The highest BCUT2D eigenvalue weighted by Gasteiger charge is 2.28. The summed E-state index contributed by atoms with van der Waals surface area (Å²) in [5.41, 5.74) is 8.00. The maximum atomic E-state index is 6.37. The predicted octanol–water partition coefficient (Wildman–Crippen LogP) is 3.71. The van der Waals surface area contributed by atoms with Gasteiger partial charge in [0.1, 0.15) is 0 Å². The van der Waals surface area contributed by atoms with Crippen molar-refractivity contribution in [3.63, 3.8) is 0 Å². The highest BCUT2D eigenvalue weighted by Crippen LogP contribution is 2.33. The van der Waals surface area contributed by atoms with Crippen LogP contribution in [-0.2, 0) is 6.42 Å². The predicted molar refractivity (Wildman–Crippen MR) is 84.0 cm³/mol. The third kappa shape index (κ3) is 3.24. The van der Waals surface area contributed by atoms with E-state index in [-0.39, 0.29) is 0 Å². The van der Waals surface area contributed by atoms with Crippen molar-refractivity contribution in [2.24, 2.45) is 17.6 Å². The molecule has 3 heteroatoms. The minimum Gasteiger partial charge on any atom is -0.368 e. The second-order valence-corrected chi connectivity index (χ2v) is 6.43. The van der Waals surface area contributed by atoms with Crippen LogP contribution in [0.2, 0.25) is 5.02 Å². The van der Waals surface area contributed by atoms with Crippen LogP contribution >= 0.6 is 11.6 Å². The summed E-state index contributed by atoms with van der Waals surface area (Å²) in [5.74, 6) is 1.47. The Kier molecular flexibility index (Phi) is 4.75. The fourth-order valence-electron chi connectivity index (χ4n) is 3.13. The van der Waals surface area contributed by atoms with Crippen molar-refractivity contribution >= 4 is 17.3 Å². The first-order valence-corrected chi connectivity index (χ1v) is 7.65. The molecule has 1 saturated heterocycles. The summed E-state index contributed by atoms with van der Waals surface area (Å²) in [7, 11) is 0. The Morgan fingerprint density at radius 2 is 2.05 bits per heavy atom. The lowest BCUT2D eigenvalue weighted by Crippen LogP contribution is -2.45. The minimum atomic E-state index is 0.577. The molecule has 1 fully saturated rings. The third-order valence-electron chi connectivity index (χ3n) is 4.38. The molecule has 106 valence electrons. The number of rotatable bonds is 3. The Hall–Kier alpha value is -0.730. The number of nitrogens with zero attached hydrogens (tertiary/aromatic N) is 1. The van der Waals surface area contributed by atoms with Crippen molar-refractivity contribution in [1.82, 2.24) is 0 Å². The van der Waals surface area contributed by atoms with Crippen molar-refractivity contribution in [2.75, 3.05) is 18.0 Å². The van der Waals surface area contributed by atoms with E-state index in [9.17, 15) is 0 Å². The van der Waals surface area contributed by atoms with E-state index in [2.05, 4.69) is 43.9 Å². The molecule has 1 aliphatic heterocycles. The zero-order valence-electron chi connectivity index (χ0n) is 12.2. The lowest BCUT2D eigenvalue weighted by atomic mass is 9.85. The van der Waals surface area contributed by atoms with E-state index < -0.39 is 0 Å². The van der Waals surface area contributed by atoms with E-state index in [1.165, 1.54) is 12.1 Å². The molecule has 3 atom stereocenters. The van der Waals surface area contributed by atoms with Gasteiger partial charge in [0, 0.05) is 23.3 Å². The molecular weight excluding hydrogens is 256 g/mol. The highest BCUT2D eigenvalue weighted by atomic mass is 35.5. The number of halogens is 1. The van der Waals surface area contributed by atoms with Crippen LogP contribution in [0.15, 0.2) is 18.2 Å². The summed E-state index contributed by atoms with van der Waals surface area (Å²) in [4.78, 5) is 2.50. The van der Waals surface area contributed by atoms with Crippen molar-refractivity contribution in [1.29, 1.82) is 0 Å². The van der Waals surface area contributed by atoms with Crippen LogP contribution in [0.1, 0.15) is 32.8 Å². The van der Waals surface area contributed by atoms with Gasteiger partial charge in [0.2, 0.25) is 0 Å². The summed E-state index contributed by atoms with van der Waals surface area (Å²) in [5, 5.41) is 0.848. The van der Waals surface area contributed by atoms with Crippen molar-refractivity contribution < 1.29 is 0 Å². The summed E-state index contributed by atoms with van der Waals surface area (Å²) < 4.78 is 0. The minimum absolute atomic E-state index is 0.577. The van der Waals surface area contributed by atoms with Gasteiger partial charge in [-0.15, -0.1) is 0 Å². The smallest absolute Gasteiger partial charge is 0.0459 e. The molecule has 0 aliphatic carbocycles. The lowest BCUT2D eigenvalue weighted by Gasteiger charge is -2.42. The van der Waals surface area contributed by atoms with E-state index in [4.69, 9.17) is 17.3 Å². The van der Waals surface area contributed by atoms with Crippen LogP contribution < -0.4 is 10.6 Å². The first-order valence-electron chi connectivity index (χ1n) is 7.28. The molecule has 0 radical (unpaired) electrons. The van der Waals surface area contributed by atoms with Crippen LogP contribution in [0, 0.1) is 11.8 Å². The lowest BCUT2D eigenvalue weighted by molar-refractivity contribution is 0.297. The maximum absolute atomic E-state index is 6.37. The molecular formula is C16H25ClN2. The monoisotopic (exact) mass is 280 g/mol. The van der Waals surface area contributed by atoms with E-state index >= 15 is 0 Å². The molecule has 1 aromatic carbocycles. The molecule has 2 rings (SSSR count). The van der Waals surface area contributed by atoms with Gasteiger partial charge in [-0.25, -0.2) is 0 Å². The molecule has 1 heterocycles. The van der Waals surface area contributed by atoms with E-state index in [0.29, 0.717) is 12.6 Å². The van der Waals surface area contributed by atoms with E-state index in [1.807, 2.05) is 0 Å². The fourth-order valence-corrected chi connectivity index (χ4v) is 3.40. The second kappa shape index (κ2) is 6.15. The van der Waals surface area contributed by atoms with Crippen LogP contribution in [0.3, 0.4) is 0 Å². The summed E-state index contributed by atoms with van der Waals surface area (Å²) in [6.07, 6.45) is 2.16. The van der Waals surface area contributed by atoms with Crippen LogP contribution in [-0.4, -0.2) is 19.1 Å². The van der Waals surface area contributed by atoms with E-state index in [0.717, 1.165) is 35.4 Å². The van der Waals surface area contributed by atoms with Crippen LogP contribution in [0.4, 0.5) is 5.69 Å². The summed E-state index contributed by atoms with van der Waals surface area (Å²) in [6.45, 7) is 8.76. The normalized spacial score (nSPS) is 27.6. The van der Waals surface area contributed by atoms with Gasteiger partial charge >= 0.3 is 0 Å². The number of nitrogens with two attached hydrogens (primary N) is 1. The van der Waals surface area contributed by atoms with Crippen LogP contribution in [0.25, 0.3) is 0 Å². The number of piperidine rings is 1. The molecule has 0 aromatic heterocycles. The van der Waals surface area contributed by atoms with E-state index in [1.54, 1.807) is 0 Å². The molecule has 0 saturated carbocycles. The molecule has 3 unspecified atom stereocenters. The van der Waals surface area contributed by atoms with Gasteiger partial charge in [-0.05, 0) is 55.8 Å². The number of anilines is 1. The third-order valence-corrected chi connectivity index (χ3v) is 4.73. The Balaban J connectivity index is 2.23. The Morgan fingerprint density at radius 3 is 2.68 bits per heavy atom. The van der Waals surface area contributed by atoms with Gasteiger partial charge in [0.15, 0.2) is 0 Å². The Morgan fingerprint density at radius 1 is 1.32 bits per heavy atom. The molecule has 0 amide bonds. The quantitative estimate of drug-likeness (QED) is 0.914. The standard InChI is InChI=1S/C16H25ClN2/c1-11-8-12(2)13(3)19(10-11)15-5-4-14(6-7-18)16(17)9-15/h4-5,9,11-13H,6-8,10,18H2,1-3H3. The number of benzene rings is 1. The first-order chi connectivity index (χ1) is 9.02. The van der Waals surface area contributed by atoms with Crippen molar-refractivity contribution in [3.05, 3.63) is 28.8 Å². The molecule has 19 heavy (non-hydrogen) atoms. The number of hydrogen-bond acceptors (Lipinski definition) is 2. The maximum Gasteiger partial charge on any atom is 0.0459 e.